The Morgan fingerprint density at radius 2 is 1.96 bits per heavy atom. The van der Waals surface area contributed by atoms with E-state index in [1.54, 1.807) is 44.4 Å². The molecule has 2 rings (SSSR count). The summed E-state index contributed by atoms with van der Waals surface area (Å²) in [5.74, 6) is 0.338. The third kappa shape index (κ3) is 4.84. The Labute approximate surface area is 150 Å². The lowest BCUT2D eigenvalue weighted by Crippen LogP contribution is -2.30. The van der Waals surface area contributed by atoms with E-state index < -0.39 is 4.92 Å². The summed E-state index contributed by atoms with van der Waals surface area (Å²) in [4.78, 5) is 24.4. The lowest BCUT2D eigenvalue weighted by Gasteiger charge is -2.18. The van der Waals surface area contributed by atoms with E-state index in [0.717, 1.165) is 0 Å². The Balaban J connectivity index is 1.98. The summed E-state index contributed by atoms with van der Waals surface area (Å²) in [6.07, 6.45) is 0. The molecule has 0 aliphatic carbocycles. The fraction of sp³-hybridized carbons (Fsp3) is 0.235. The molecule has 0 saturated carbocycles. The molecular formula is C17H18ClN3O4. The Morgan fingerprint density at radius 3 is 2.56 bits per heavy atom. The topological polar surface area (TPSA) is 84.7 Å². The van der Waals surface area contributed by atoms with E-state index in [1.165, 1.54) is 17.0 Å². The first-order chi connectivity index (χ1) is 11.9. The van der Waals surface area contributed by atoms with Gasteiger partial charge < -0.3 is 15.0 Å². The van der Waals surface area contributed by atoms with E-state index >= 15 is 0 Å². The van der Waals surface area contributed by atoms with Crippen molar-refractivity contribution in [1.82, 2.24) is 4.90 Å². The first-order valence-electron chi connectivity index (χ1n) is 7.52. The van der Waals surface area contributed by atoms with Gasteiger partial charge in [0, 0.05) is 30.7 Å². The maximum Gasteiger partial charge on any atom is 0.293 e. The molecule has 25 heavy (non-hydrogen) atoms. The van der Waals surface area contributed by atoms with Crippen LogP contribution in [0.2, 0.25) is 5.02 Å². The van der Waals surface area contributed by atoms with Gasteiger partial charge in [-0.05, 0) is 36.4 Å². The molecule has 0 radical (unpaired) electrons. The van der Waals surface area contributed by atoms with Crippen molar-refractivity contribution in [3.8, 4) is 5.75 Å². The van der Waals surface area contributed by atoms with Crippen LogP contribution in [0.25, 0.3) is 0 Å². The van der Waals surface area contributed by atoms with E-state index in [-0.39, 0.29) is 17.2 Å². The SMILES string of the molecule is CNc1ccc(C(=O)N(C)CCOc2ccc(Cl)cc2)cc1[N+](=O)[O-]. The standard InChI is InChI=1S/C17H18ClN3O4/c1-19-15-8-3-12(11-16(15)21(23)24)17(22)20(2)9-10-25-14-6-4-13(18)5-7-14/h3-8,11,19H,9-10H2,1-2H3. The van der Waals surface area contributed by atoms with Crippen molar-refractivity contribution < 1.29 is 14.5 Å². The van der Waals surface area contributed by atoms with Gasteiger partial charge >= 0.3 is 0 Å². The van der Waals surface area contributed by atoms with E-state index in [2.05, 4.69) is 5.32 Å². The fourth-order valence-electron chi connectivity index (χ4n) is 2.18. The second-order valence-corrected chi connectivity index (χ2v) is 5.70. The predicted octanol–water partition coefficient (Wildman–Crippen LogP) is 3.44. The fourth-order valence-corrected chi connectivity index (χ4v) is 2.31. The number of nitrogens with zero attached hydrogens (tertiary/aromatic N) is 2. The normalized spacial score (nSPS) is 10.2. The molecule has 2 aromatic rings. The molecule has 0 unspecified atom stereocenters. The number of carbonyl (C=O) groups is 1. The minimum absolute atomic E-state index is 0.140. The number of nitrogens with one attached hydrogen (secondary N) is 1. The van der Waals surface area contributed by atoms with Crippen LogP contribution >= 0.6 is 11.6 Å². The van der Waals surface area contributed by atoms with Crippen LogP contribution in [-0.2, 0) is 0 Å². The zero-order valence-corrected chi connectivity index (χ0v) is 14.6. The average Bonchev–Trinajstić information content (AvgIpc) is 2.62. The number of benzene rings is 2. The van der Waals surface area contributed by atoms with Crippen molar-refractivity contribution in [3.63, 3.8) is 0 Å². The number of halogens is 1. The highest BCUT2D eigenvalue weighted by Gasteiger charge is 2.19. The predicted molar refractivity (Wildman–Crippen MR) is 96.6 cm³/mol. The lowest BCUT2D eigenvalue weighted by atomic mass is 10.1. The third-order valence-corrected chi connectivity index (χ3v) is 3.82. The summed E-state index contributed by atoms with van der Waals surface area (Å²) in [7, 11) is 3.20. The molecular weight excluding hydrogens is 346 g/mol. The molecule has 0 fully saturated rings. The lowest BCUT2D eigenvalue weighted by molar-refractivity contribution is -0.384. The van der Waals surface area contributed by atoms with Crippen LogP contribution in [0.15, 0.2) is 42.5 Å². The second-order valence-electron chi connectivity index (χ2n) is 5.27. The van der Waals surface area contributed by atoms with Crippen LogP contribution < -0.4 is 10.1 Å². The van der Waals surface area contributed by atoms with Crippen LogP contribution in [0.4, 0.5) is 11.4 Å². The molecule has 1 amide bonds. The molecule has 0 saturated heterocycles. The average molecular weight is 364 g/mol. The van der Waals surface area contributed by atoms with Gasteiger partial charge in [0.15, 0.2) is 0 Å². The number of amides is 1. The van der Waals surface area contributed by atoms with Gasteiger partial charge in [0.2, 0.25) is 0 Å². The summed E-state index contributed by atoms with van der Waals surface area (Å²) >= 11 is 5.80. The molecule has 0 spiro atoms. The molecule has 0 bridgehead atoms. The van der Waals surface area contributed by atoms with Gasteiger partial charge in [-0.25, -0.2) is 0 Å². The zero-order chi connectivity index (χ0) is 18.4. The van der Waals surface area contributed by atoms with Gasteiger partial charge in [-0.3, -0.25) is 14.9 Å². The number of hydrogen-bond donors (Lipinski definition) is 1. The largest absolute Gasteiger partial charge is 0.492 e. The van der Waals surface area contributed by atoms with Crippen LogP contribution in [0.3, 0.4) is 0 Å². The summed E-state index contributed by atoms with van der Waals surface area (Å²) in [5.41, 5.74) is 0.467. The van der Waals surface area contributed by atoms with Gasteiger partial charge in [-0.15, -0.1) is 0 Å². The van der Waals surface area contributed by atoms with E-state index in [1.807, 2.05) is 0 Å². The van der Waals surface area contributed by atoms with Crippen molar-refractivity contribution in [2.45, 2.75) is 0 Å². The second kappa shape index (κ2) is 8.34. The molecule has 0 atom stereocenters. The van der Waals surface area contributed by atoms with Gasteiger partial charge in [-0.1, -0.05) is 11.6 Å². The maximum absolute atomic E-state index is 12.4. The van der Waals surface area contributed by atoms with Crippen molar-refractivity contribution in [2.75, 3.05) is 32.6 Å². The molecule has 0 aromatic heterocycles. The molecule has 7 nitrogen and oxygen atoms in total. The van der Waals surface area contributed by atoms with E-state index in [4.69, 9.17) is 16.3 Å². The molecule has 0 aliphatic heterocycles. The number of likely N-dealkylation sites (N-methyl/N-ethyl adjacent to an activating group) is 1. The smallest absolute Gasteiger partial charge is 0.293 e. The summed E-state index contributed by atoms with van der Waals surface area (Å²) in [5, 5.41) is 14.4. The van der Waals surface area contributed by atoms with Crippen LogP contribution in [0.1, 0.15) is 10.4 Å². The number of hydrogen-bond acceptors (Lipinski definition) is 5. The third-order valence-electron chi connectivity index (χ3n) is 3.57. The summed E-state index contributed by atoms with van der Waals surface area (Å²) < 4.78 is 5.55. The zero-order valence-electron chi connectivity index (χ0n) is 13.9. The number of ether oxygens (including phenoxy) is 1. The number of rotatable bonds is 7. The molecule has 8 heteroatoms. The summed E-state index contributed by atoms with van der Waals surface area (Å²) in [6, 6.07) is 11.3. The Bertz CT molecular complexity index is 765. The van der Waals surface area contributed by atoms with E-state index in [9.17, 15) is 14.9 Å². The van der Waals surface area contributed by atoms with Gasteiger partial charge in [0.1, 0.15) is 18.0 Å². The van der Waals surface area contributed by atoms with Crippen molar-refractivity contribution in [2.24, 2.45) is 0 Å². The Morgan fingerprint density at radius 1 is 1.28 bits per heavy atom. The van der Waals surface area contributed by atoms with Crippen LogP contribution in [0.5, 0.6) is 5.75 Å². The number of nitro benzene ring substituents is 1. The van der Waals surface area contributed by atoms with Crippen molar-refractivity contribution in [1.29, 1.82) is 0 Å². The molecule has 2 aromatic carbocycles. The molecule has 0 aliphatic rings. The van der Waals surface area contributed by atoms with Gasteiger partial charge in [-0.2, -0.15) is 0 Å². The van der Waals surface area contributed by atoms with Crippen molar-refractivity contribution >= 4 is 28.9 Å². The van der Waals surface area contributed by atoms with E-state index in [0.29, 0.717) is 29.6 Å². The van der Waals surface area contributed by atoms with Crippen molar-refractivity contribution in [3.05, 3.63) is 63.2 Å². The monoisotopic (exact) mass is 363 g/mol. The van der Waals surface area contributed by atoms with Crippen LogP contribution in [-0.4, -0.2) is 43.0 Å². The number of nitro groups is 1. The Kier molecular flexibility index (Phi) is 6.19. The molecule has 1 N–H and O–H groups in total. The highest BCUT2D eigenvalue weighted by Crippen LogP contribution is 2.25. The quantitative estimate of drug-likeness (QED) is 0.601. The number of carbonyl (C=O) groups excluding carboxylic acids is 1. The molecule has 132 valence electrons. The highest BCUT2D eigenvalue weighted by molar-refractivity contribution is 6.30. The minimum atomic E-state index is -0.522. The molecule has 0 heterocycles. The Hall–Kier alpha value is -2.80. The maximum atomic E-state index is 12.4. The first-order valence-corrected chi connectivity index (χ1v) is 7.90. The van der Waals surface area contributed by atoms with Gasteiger partial charge in [0.05, 0.1) is 11.5 Å². The number of anilines is 1. The highest BCUT2D eigenvalue weighted by atomic mass is 35.5. The first kappa shape index (κ1) is 18.5. The van der Waals surface area contributed by atoms with Gasteiger partial charge in [0.25, 0.3) is 11.6 Å². The summed E-state index contributed by atoms with van der Waals surface area (Å²) in [6.45, 7) is 0.629. The van der Waals surface area contributed by atoms with Crippen LogP contribution in [0, 0.1) is 10.1 Å². The minimum Gasteiger partial charge on any atom is -0.492 e.